The predicted octanol–water partition coefficient (Wildman–Crippen LogP) is 3.33. The van der Waals surface area contributed by atoms with Gasteiger partial charge in [-0.2, -0.15) is 30.7 Å². The van der Waals surface area contributed by atoms with Crippen molar-refractivity contribution >= 4 is 0 Å². The van der Waals surface area contributed by atoms with E-state index in [0.717, 1.165) is 0 Å². The fraction of sp³-hybridized carbons (Fsp3) is 0.667. The molecular formula is C6H5F7O. The number of rotatable bonds is 4. The first-order chi connectivity index (χ1) is 6.02. The first-order valence-corrected chi connectivity index (χ1v) is 3.13. The molecule has 0 bridgehead atoms. The smallest absolute Gasteiger partial charge is 0.437 e. The standard InChI is InChI=1S/C6H5F7O/c1-2-14-6(12,13)4(7,8)3-5(9,10)11/h2H,1,3H2. The minimum atomic E-state index is -5.41. The largest absolute Gasteiger partial charge is 0.464 e. The van der Waals surface area contributed by atoms with Crippen LogP contribution in [0.25, 0.3) is 0 Å². The fourth-order valence-electron chi connectivity index (χ4n) is 0.546. The lowest BCUT2D eigenvalue weighted by molar-refractivity contribution is -0.348. The van der Waals surface area contributed by atoms with E-state index in [0.29, 0.717) is 0 Å². The Kier molecular flexibility index (Phi) is 3.41. The Hall–Kier alpha value is -0.950. The van der Waals surface area contributed by atoms with E-state index in [1.165, 1.54) is 0 Å². The Morgan fingerprint density at radius 1 is 1.00 bits per heavy atom. The zero-order valence-electron chi connectivity index (χ0n) is 6.55. The number of alkyl halides is 7. The van der Waals surface area contributed by atoms with Crippen molar-refractivity contribution in [1.29, 1.82) is 0 Å². The van der Waals surface area contributed by atoms with Crippen LogP contribution in [0.3, 0.4) is 0 Å². The summed E-state index contributed by atoms with van der Waals surface area (Å²) in [4.78, 5) is 0. The molecule has 0 atom stereocenters. The fourth-order valence-corrected chi connectivity index (χ4v) is 0.546. The van der Waals surface area contributed by atoms with Gasteiger partial charge in [0.1, 0.15) is 6.42 Å². The highest BCUT2D eigenvalue weighted by molar-refractivity contribution is 4.81. The minimum Gasteiger partial charge on any atom is -0.437 e. The molecule has 0 aromatic rings. The second-order valence-corrected chi connectivity index (χ2v) is 2.30. The van der Waals surface area contributed by atoms with E-state index < -0.39 is 24.6 Å². The van der Waals surface area contributed by atoms with Crippen LogP contribution in [0.5, 0.6) is 0 Å². The summed E-state index contributed by atoms with van der Waals surface area (Å²) >= 11 is 0. The van der Waals surface area contributed by atoms with Crippen LogP contribution in [0.1, 0.15) is 6.42 Å². The average Bonchev–Trinajstić information content (AvgIpc) is 1.79. The van der Waals surface area contributed by atoms with Gasteiger partial charge in [0.05, 0.1) is 6.26 Å². The van der Waals surface area contributed by atoms with E-state index in [1.807, 2.05) is 0 Å². The number of hydrogen-bond donors (Lipinski definition) is 0. The van der Waals surface area contributed by atoms with Gasteiger partial charge in [-0.15, -0.1) is 0 Å². The van der Waals surface area contributed by atoms with Crippen molar-refractivity contribution in [2.24, 2.45) is 0 Å². The molecular weight excluding hydrogens is 221 g/mol. The lowest BCUT2D eigenvalue weighted by atomic mass is 10.2. The lowest BCUT2D eigenvalue weighted by Gasteiger charge is -2.25. The monoisotopic (exact) mass is 226 g/mol. The van der Waals surface area contributed by atoms with Gasteiger partial charge in [-0.1, -0.05) is 6.58 Å². The average molecular weight is 226 g/mol. The highest BCUT2D eigenvalue weighted by Crippen LogP contribution is 2.42. The molecule has 0 saturated carbocycles. The summed E-state index contributed by atoms with van der Waals surface area (Å²) in [5, 5.41) is 0. The van der Waals surface area contributed by atoms with E-state index in [2.05, 4.69) is 11.3 Å². The highest BCUT2D eigenvalue weighted by atomic mass is 19.4. The summed E-state index contributed by atoms with van der Waals surface area (Å²) in [7, 11) is 0. The van der Waals surface area contributed by atoms with Crippen molar-refractivity contribution < 1.29 is 35.5 Å². The van der Waals surface area contributed by atoms with Crippen molar-refractivity contribution in [3.05, 3.63) is 12.8 Å². The third-order valence-corrected chi connectivity index (χ3v) is 1.08. The van der Waals surface area contributed by atoms with Crippen molar-refractivity contribution in [1.82, 2.24) is 0 Å². The Balaban J connectivity index is 4.67. The van der Waals surface area contributed by atoms with E-state index in [4.69, 9.17) is 0 Å². The number of halogens is 7. The summed E-state index contributed by atoms with van der Waals surface area (Å²) in [6.45, 7) is 2.54. The molecule has 0 aromatic heterocycles. The summed E-state index contributed by atoms with van der Waals surface area (Å²) in [6, 6.07) is 0. The Morgan fingerprint density at radius 3 is 1.71 bits per heavy atom. The minimum absolute atomic E-state index is 0.0513. The van der Waals surface area contributed by atoms with Crippen LogP contribution in [-0.2, 0) is 4.74 Å². The van der Waals surface area contributed by atoms with E-state index >= 15 is 0 Å². The molecule has 0 unspecified atom stereocenters. The van der Waals surface area contributed by atoms with Crippen molar-refractivity contribution in [3.8, 4) is 0 Å². The molecule has 8 heteroatoms. The normalized spacial score (nSPS) is 13.9. The highest BCUT2D eigenvalue weighted by Gasteiger charge is 2.63. The van der Waals surface area contributed by atoms with Gasteiger partial charge in [-0.25, -0.2) is 0 Å². The Labute approximate surface area is 74.1 Å². The molecule has 0 rings (SSSR count). The third kappa shape index (κ3) is 3.43. The van der Waals surface area contributed by atoms with Crippen molar-refractivity contribution in [2.45, 2.75) is 24.6 Å². The molecule has 0 aliphatic rings. The predicted molar refractivity (Wildman–Crippen MR) is 31.8 cm³/mol. The van der Waals surface area contributed by atoms with E-state index in [9.17, 15) is 30.7 Å². The van der Waals surface area contributed by atoms with Gasteiger partial charge >= 0.3 is 18.2 Å². The van der Waals surface area contributed by atoms with Crippen LogP contribution in [0.4, 0.5) is 30.7 Å². The second kappa shape index (κ2) is 3.66. The zero-order chi connectivity index (χ0) is 11.6. The van der Waals surface area contributed by atoms with E-state index in [-0.39, 0.29) is 6.26 Å². The molecule has 0 fully saturated rings. The summed E-state index contributed by atoms with van der Waals surface area (Å²) in [6.07, 6.45) is -13.6. The van der Waals surface area contributed by atoms with Gasteiger partial charge < -0.3 is 4.74 Å². The molecule has 0 aliphatic heterocycles. The maximum Gasteiger partial charge on any atom is 0.464 e. The van der Waals surface area contributed by atoms with Crippen molar-refractivity contribution in [2.75, 3.05) is 0 Å². The molecule has 0 amide bonds. The van der Waals surface area contributed by atoms with Gasteiger partial charge in [0.2, 0.25) is 0 Å². The maximum atomic E-state index is 12.2. The molecule has 0 heterocycles. The maximum absolute atomic E-state index is 12.2. The van der Waals surface area contributed by atoms with Gasteiger partial charge in [-0.05, 0) is 0 Å². The molecule has 14 heavy (non-hydrogen) atoms. The quantitative estimate of drug-likeness (QED) is 0.527. The number of hydrogen-bond acceptors (Lipinski definition) is 1. The molecule has 0 N–H and O–H groups in total. The van der Waals surface area contributed by atoms with Gasteiger partial charge in [-0.3, -0.25) is 0 Å². The molecule has 0 radical (unpaired) electrons. The molecule has 0 saturated heterocycles. The molecule has 0 aromatic carbocycles. The van der Waals surface area contributed by atoms with Crippen LogP contribution in [0.15, 0.2) is 12.8 Å². The first-order valence-electron chi connectivity index (χ1n) is 3.13. The molecule has 0 aliphatic carbocycles. The van der Waals surface area contributed by atoms with Gasteiger partial charge in [0.15, 0.2) is 0 Å². The van der Waals surface area contributed by atoms with Crippen LogP contribution < -0.4 is 0 Å². The van der Waals surface area contributed by atoms with E-state index in [1.54, 1.807) is 0 Å². The topological polar surface area (TPSA) is 9.23 Å². The summed E-state index contributed by atoms with van der Waals surface area (Å²) < 4.78 is 86.2. The van der Waals surface area contributed by atoms with Crippen LogP contribution in [-0.4, -0.2) is 18.2 Å². The van der Waals surface area contributed by atoms with Gasteiger partial charge in [0, 0.05) is 0 Å². The van der Waals surface area contributed by atoms with Crippen molar-refractivity contribution in [3.63, 3.8) is 0 Å². The van der Waals surface area contributed by atoms with Crippen LogP contribution in [0.2, 0.25) is 0 Å². The molecule has 0 spiro atoms. The summed E-state index contributed by atoms with van der Waals surface area (Å²) in [5.41, 5.74) is 0. The zero-order valence-corrected chi connectivity index (χ0v) is 6.55. The Bertz CT molecular complexity index is 207. The number of ether oxygens (including phenoxy) is 1. The second-order valence-electron chi connectivity index (χ2n) is 2.30. The third-order valence-electron chi connectivity index (χ3n) is 1.08. The SMILES string of the molecule is C=COC(F)(F)C(F)(F)CC(F)(F)F. The van der Waals surface area contributed by atoms with Crippen LogP contribution in [0, 0.1) is 0 Å². The summed E-state index contributed by atoms with van der Waals surface area (Å²) in [5.74, 6) is -5.32. The van der Waals surface area contributed by atoms with Crippen LogP contribution >= 0.6 is 0 Å². The molecule has 84 valence electrons. The lowest BCUT2D eigenvalue weighted by Crippen LogP contribution is -2.44. The Morgan fingerprint density at radius 2 is 1.43 bits per heavy atom. The van der Waals surface area contributed by atoms with Gasteiger partial charge in [0.25, 0.3) is 0 Å². The first kappa shape index (κ1) is 13.0. The molecule has 1 nitrogen and oxygen atoms in total.